The van der Waals surface area contributed by atoms with Gasteiger partial charge in [-0.05, 0) is 24.6 Å². The van der Waals surface area contributed by atoms with Gasteiger partial charge >= 0.3 is 0 Å². The van der Waals surface area contributed by atoms with Gasteiger partial charge in [-0.15, -0.1) is 10.2 Å². The van der Waals surface area contributed by atoms with Crippen LogP contribution >= 0.6 is 23.1 Å². The maximum absolute atomic E-state index is 13.1. The average Bonchev–Trinajstić information content (AvgIpc) is 2.83. The van der Waals surface area contributed by atoms with Crippen molar-refractivity contribution >= 4 is 34.1 Å². The number of carbonyl (C=O) groups excluding carboxylic acids is 1. The molecule has 2 N–H and O–H groups in total. The summed E-state index contributed by atoms with van der Waals surface area (Å²) in [7, 11) is 1.69. The number of halogens is 1. The van der Waals surface area contributed by atoms with E-state index in [1.807, 2.05) is 0 Å². The lowest BCUT2D eigenvalue weighted by atomic mass is 10.2. The van der Waals surface area contributed by atoms with Crippen LogP contribution in [-0.2, 0) is 11.3 Å². The summed E-state index contributed by atoms with van der Waals surface area (Å²) >= 11 is 2.56. The molecule has 0 saturated carbocycles. The van der Waals surface area contributed by atoms with E-state index in [4.69, 9.17) is 5.73 Å². The number of nitrogens with two attached hydrogens (primary N) is 1. The van der Waals surface area contributed by atoms with Gasteiger partial charge in [0.25, 0.3) is 0 Å². The molecule has 0 unspecified atom stereocenters. The van der Waals surface area contributed by atoms with E-state index in [1.54, 1.807) is 31.0 Å². The van der Waals surface area contributed by atoms with Crippen molar-refractivity contribution in [2.45, 2.75) is 23.1 Å². The number of nitrogen functional groups attached to an aromatic ring is 1. The molecule has 0 aliphatic rings. The van der Waals surface area contributed by atoms with Crippen LogP contribution in [0, 0.1) is 5.82 Å². The summed E-state index contributed by atoms with van der Waals surface area (Å²) in [6, 6.07) is 6.22. The average molecular weight is 326 g/mol. The Morgan fingerprint density at radius 2 is 2.29 bits per heavy atom. The summed E-state index contributed by atoms with van der Waals surface area (Å²) in [5.74, 6) is -0.363. The predicted molar refractivity (Wildman–Crippen MR) is 82.5 cm³/mol. The molecule has 5 nitrogen and oxygen atoms in total. The van der Waals surface area contributed by atoms with Crippen LogP contribution in [0.4, 0.5) is 9.52 Å². The van der Waals surface area contributed by atoms with E-state index in [2.05, 4.69) is 10.2 Å². The van der Waals surface area contributed by atoms with Crippen molar-refractivity contribution in [2.24, 2.45) is 0 Å². The number of amides is 1. The number of anilines is 1. The lowest BCUT2D eigenvalue weighted by molar-refractivity contribution is -0.129. The molecule has 21 heavy (non-hydrogen) atoms. The van der Waals surface area contributed by atoms with Crippen LogP contribution in [0.2, 0.25) is 0 Å². The number of aromatic nitrogens is 2. The number of rotatable bonds is 5. The zero-order valence-corrected chi connectivity index (χ0v) is 13.2. The fourth-order valence-corrected chi connectivity index (χ4v) is 3.66. The number of benzene rings is 1. The minimum absolute atomic E-state index is 0.0574. The molecule has 1 atom stereocenters. The topological polar surface area (TPSA) is 72.1 Å². The second kappa shape index (κ2) is 6.86. The molecule has 2 aromatic rings. The van der Waals surface area contributed by atoms with E-state index in [0.717, 1.165) is 5.56 Å². The minimum atomic E-state index is -0.309. The van der Waals surface area contributed by atoms with Gasteiger partial charge in [-0.2, -0.15) is 0 Å². The van der Waals surface area contributed by atoms with Gasteiger partial charge in [-0.25, -0.2) is 4.39 Å². The Morgan fingerprint density at radius 3 is 2.90 bits per heavy atom. The van der Waals surface area contributed by atoms with Gasteiger partial charge in [0.1, 0.15) is 5.82 Å². The summed E-state index contributed by atoms with van der Waals surface area (Å²) < 4.78 is 13.8. The summed E-state index contributed by atoms with van der Waals surface area (Å²) in [5, 5.41) is 7.66. The third-order valence-electron chi connectivity index (χ3n) is 2.73. The highest BCUT2D eigenvalue weighted by molar-refractivity contribution is 8.02. The largest absolute Gasteiger partial charge is 0.374 e. The molecule has 8 heteroatoms. The quantitative estimate of drug-likeness (QED) is 0.854. The zero-order chi connectivity index (χ0) is 15.4. The zero-order valence-electron chi connectivity index (χ0n) is 11.6. The highest BCUT2D eigenvalue weighted by atomic mass is 32.2. The Kier molecular flexibility index (Phi) is 5.13. The first-order valence-corrected chi connectivity index (χ1v) is 7.90. The molecule has 1 aromatic carbocycles. The molecule has 2 rings (SSSR count). The lowest BCUT2D eigenvalue weighted by Crippen LogP contribution is -2.32. The lowest BCUT2D eigenvalue weighted by Gasteiger charge is -2.20. The first-order valence-electron chi connectivity index (χ1n) is 6.21. The van der Waals surface area contributed by atoms with Crippen molar-refractivity contribution < 1.29 is 9.18 Å². The van der Waals surface area contributed by atoms with Crippen LogP contribution in [0.5, 0.6) is 0 Å². The second-order valence-electron chi connectivity index (χ2n) is 4.49. The van der Waals surface area contributed by atoms with Crippen LogP contribution in [0.25, 0.3) is 0 Å². The van der Waals surface area contributed by atoms with E-state index >= 15 is 0 Å². The van der Waals surface area contributed by atoms with Crippen LogP contribution in [-0.4, -0.2) is 33.3 Å². The van der Waals surface area contributed by atoms with E-state index in [9.17, 15) is 9.18 Å². The molecule has 0 radical (unpaired) electrons. The maximum Gasteiger partial charge on any atom is 0.235 e. The third kappa shape index (κ3) is 4.40. The van der Waals surface area contributed by atoms with Crippen LogP contribution in [0.3, 0.4) is 0 Å². The number of hydrogen-bond donors (Lipinski definition) is 1. The highest BCUT2D eigenvalue weighted by Crippen LogP contribution is 2.28. The number of carbonyl (C=O) groups is 1. The Labute approximate surface area is 130 Å². The predicted octanol–water partition coefficient (Wildman–Crippen LogP) is 2.40. The number of nitrogens with zero attached hydrogens (tertiary/aromatic N) is 3. The van der Waals surface area contributed by atoms with Gasteiger partial charge in [0.2, 0.25) is 11.0 Å². The highest BCUT2D eigenvalue weighted by Gasteiger charge is 2.20. The van der Waals surface area contributed by atoms with Gasteiger partial charge in [-0.1, -0.05) is 35.2 Å². The molecule has 0 aliphatic carbocycles. The van der Waals surface area contributed by atoms with Crippen molar-refractivity contribution in [3.05, 3.63) is 35.6 Å². The molecule has 0 spiro atoms. The Hall–Kier alpha value is -1.67. The standard InChI is InChI=1S/C13H15FN4OS2/c1-8(20-13-17-16-12(15)21-13)11(19)18(2)7-9-4-3-5-10(14)6-9/h3-6,8H,7H2,1-2H3,(H2,15,16)/t8-/m0/s1. The van der Waals surface area contributed by atoms with E-state index < -0.39 is 0 Å². The number of thioether (sulfide) groups is 1. The smallest absolute Gasteiger partial charge is 0.235 e. The van der Waals surface area contributed by atoms with Crippen molar-refractivity contribution in [2.75, 3.05) is 12.8 Å². The molecule has 0 saturated heterocycles. The molecule has 1 heterocycles. The monoisotopic (exact) mass is 326 g/mol. The molecule has 0 aliphatic heterocycles. The molecule has 1 amide bonds. The molecule has 112 valence electrons. The normalized spacial score (nSPS) is 12.1. The minimum Gasteiger partial charge on any atom is -0.374 e. The molecule has 1 aromatic heterocycles. The van der Waals surface area contributed by atoms with Gasteiger partial charge in [0.05, 0.1) is 5.25 Å². The summed E-state index contributed by atoms with van der Waals surface area (Å²) in [5.41, 5.74) is 6.26. The van der Waals surface area contributed by atoms with Gasteiger partial charge in [0, 0.05) is 13.6 Å². The summed E-state index contributed by atoms with van der Waals surface area (Å²) in [6.45, 7) is 2.16. The molecular weight excluding hydrogens is 311 g/mol. The Balaban J connectivity index is 1.95. The fourth-order valence-electron chi connectivity index (χ4n) is 1.77. The van der Waals surface area contributed by atoms with Crippen LogP contribution in [0.15, 0.2) is 28.6 Å². The first kappa shape index (κ1) is 15.7. The van der Waals surface area contributed by atoms with Gasteiger partial charge in [-0.3, -0.25) is 4.79 Å². The SMILES string of the molecule is C[C@H](Sc1nnc(N)s1)C(=O)N(C)Cc1cccc(F)c1. The van der Waals surface area contributed by atoms with E-state index in [-0.39, 0.29) is 17.0 Å². The summed E-state index contributed by atoms with van der Waals surface area (Å²) in [4.78, 5) is 13.8. The molecular formula is C13H15FN4OS2. The third-order valence-corrected chi connectivity index (χ3v) is 4.66. The van der Waals surface area contributed by atoms with Crippen LogP contribution < -0.4 is 5.73 Å². The van der Waals surface area contributed by atoms with Gasteiger partial charge in [0.15, 0.2) is 4.34 Å². The first-order chi connectivity index (χ1) is 9.95. The maximum atomic E-state index is 13.1. The molecule has 0 fully saturated rings. The number of hydrogen-bond acceptors (Lipinski definition) is 6. The van der Waals surface area contributed by atoms with Crippen molar-refractivity contribution in [1.82, 2.24) is 15.1 Å². The molecule has 0 bridgehead atoms. The summed E-state index contributed by atoms with van der Waals surface area (Å²) in [6.07, 6.45) is 0. The van der Waals surface area contributed by atoms with Crippen molar-refractivity contribution in [3.63, 3.8) is 0 Å². The fraction of sp³-hybridized carbons (Fsp3) is 0.308. The Bertz CT molecular complexity index is 634. The van der Waals surface area contributed by atoms with Crippen molar-refractivity contribution in [1.29, 1.82) is 0 Å². The van der Waals surface area contributed by atoms with Gasteiger partial charge < -0.3 is 10.6 Å². The van der Waals surface area contributed by atoms with E-state index in [1.165, 1.54) is 35.2 Å². The van der Waals surface area contributed by atoms with Crippen LogP contribution in [0.1, 0.15) is 12.5 Å². The van der Waals surface area contributed by atoms with E-state index in [0.29, 0.717) is 16.0 Å². The van der Waals surface area contributed by atoms with Crippen molar-refractivity contribution in [3.8, 4) is 0 Å². The second-order valence-corrected chi connectivity index (χ2v) is 7.09. The Morgan fingerprint density at radius 1 is 1.52 bits per heavy atom.